The van der Waals surface area contributed by atoms with Gasteiger partial charge in [-0.1, -0.05) is 27.2 Å². The summed E-state index contributed by atoms with van der Waals surface area (Å²) < 4.78 is 0. The van der Waals surface area contributed by atoms with Crippen molar-refractivity contribution in [1.82, 2.24) is 36.8 Å². The van der Waals surface area contributed by atoms with Crippen molar-refractivity contribution >= 4 is 76.8 Å². The van der Waals surface area contributed by atoms with E-state index < -0.39 is 133 Å². The third-order valence-electron chi connectivity index (χ3n) is 8.77. The van der Waals surface area contributed by atoms with Crippen molar-refractivity contribution in [3.8, 4) is 0 Å². The van der Waals surface area contributed by atoms with Crippen molar-refractivity contribution in [1.29, 1.82) is 0 Å². The molecule has 1 aliphatic rings. The SMILES string of the molecule is CCCC(NC(=O)C1CCCN1C(=O)C(CCSC)NC(=O)C(NC(=O)C(CCC(=O)O)NC(=O)C(CCC(=O)O)NC(C)=O)C(C)C)C(=O)C(=O)NCC(=O)O. The van der Waals surface area contributed by atoms with Gasteiger partial charge >= 0.3 is 17.9 Å². The number of carboxylic acids is 3. The molecule has 0 radical (unpaired) electrons. The van der Waals surface area contributed by atoms with Crippen LogP contribution in [0.25, 0.3) is 0 Å². The molecule has 0 spiro atoms. The van der Waals surface area contributed by atoms with Crippen LogP contribution >= 0.6 is 11.8 Å². The maximum Gasteiger partial charge on any atom is 0.322 e. The molecule has 0 aromatic heterocycles. The summed E-state index contributed by atoms with van der Waals surface area (Å²) in [5.74, 6) is -11.1. The van der Waals surface area contributed by atoms with Gasteiger partial charge in [-0.3, -0.25) is 52.7 Å². The molecule has 21 nitrogen and oxygen atoms in total. The second kappa shape index (κ2) is 25.1. The third kappa shape index (κ3) is 17.6. The van der Waals surface area contributed by atoms with E-state index in [1.807, 2.05) is 5.32 Å². The van der Waals surface area contributed by atoms with Gasteiger partial charge in [0, 0.05) is 26.3 Å². The van der Waals surface area contributed by atoms with Gasteiger partial charge in [-0.2, -0.15) is 11.8 Å². The van der Waals surface area contributed by atoms with E-state index >= 15 is 0 Å². The minimum Gasteiger partial charge on any atom is -0.481 e. The normalized spacial score (nSPS) is 16.2. The Morgan fingerprint density at radius 1 is 0.702 bits per heavy atom. The van der Waals surface area contributed by atoms with Crippen LogP contribution in [0.1, 0.15) is 85.5 Å². The molecule has 1 aliphatic heterocycles. The number of amides is 7. The molecule has 0 aromatic carbocycles. The fourth-order valence-corrected chi connectivity index (χ4v) is 6.34. The van der Waals surface area contributed by atoms with E-state index in [0.717, 1.165) is 6.92 Å². The van der Waals surface area contributed by atoms with Gasteiger partial charge in [0.25, 0.3) is 5.91 Å². The number of likely N-dealkylation sites (tertiary alicyclic amines) is 1. The molecule has 0 aromatic rings. The van der Waals surface area contributed by atoms with Crippen molar-refractivity contribution in [3.63, 3.8) is 0 Å². The first-order chi connectivity index (χ1) is 26.7. The van der Waals surface area contributed by atoms with Gasteiger partial charge in [0.15, 0.2) is 0 Å². The lowest BCUT2D eigenvalue weighted by Gasteiger charge is -2.31. The van der Waals surface area contributed by atoms with E-state index in [2.05, 4.69) is 26.6 Å². The second-order valence-corrected chi connectivity index (χ2v) is 14.7. The summed E-state index contributed by atoms with van der Waals surface area (Å²) in [6.45, 7) is 5.30. The van der Waals surface area contributed by atoms with Crippen LogP contribution in [0.5, 0.6) is 0 Å². The largest absolute Gasteiger partial charge is 0.481 e. The average molecular weight is 830 g/mol. The number of carboxylic acid groups (broad SMARTS) is 3. The number of ketones is 1. The minimum absolute atomic E-state index is 0.0574. The van der Waals surface area contributed by atoms with Crippen molar-refractivity contribution in [2.45, 2.75) is 122 Å². The average Bonchev–Trinajstić information content (AvgIpc) is 3.63. The summed E-state index contributed by atoms with van der Waals surface area (Å²) in [4.78, 5) is 139. The number of aliphatic carboxylic acids is 3. The first-order valence-electron chi connectivity index (χ1n) is 18.5. The number of rotatable bonds is 26. The molecule has 6 unspecified atom stereocenters. The Hall–Kier alpha value is -5.28. The number of nitrogens with one attached hydrogen (secondary N) is 6. The van der Waals surface area contributed by atoms with E-state index in [1.54, 1.807) is 27.0 Å². The smallest absolute Gasteiger partial charge is 0.322 e. The molecule has 7 amide bonds. The predicted molar refractivity (Wildman–Crippen MR) is 202 cm³/mol. The Labute approximate surface area is 333 Å². The number of carbonyl (C=O) groups excluding carboxylic acids is 8. The predicted octanol–water partition coefficient (Wildman–Crippen LogP) is -1.87. The number of carbonyl (C=O) groups is 11. The number of hydrogen-bond acceptors (Lipinski definition) is 12. The zero-order valence-electron chi connectivity index (χ0n) is 32.7. The molecule has 1 saturated heterocycles. The molecule has 6 atom stereocenters. The minimum atomic E-state index is -1.53. The summed E-state index contributed by atoms with van der Waals surface area (Å²) in [5.41, 5.74) is 0. The van der Waals surface area contributed by atoms with Crippen LogP contribution < -0.4 is 31.9 Å². The van der Waals surface area contributed by atoms with E-state index in [1.165, 1.54) is 16.7 Å². The first-order valence-corrected chi connectivity index (χ1v) is 19.9. The molecular weight excluding hydrogens is 774 g/mol. The lowest BCUT2D eigenvalue weighted by molar-refractivity contribution is -0.144. The highest BCUT2D eigenvalue weighted by Gasteiger charge is 2.40. The molecular formula is C35H55N7O14S. The van der Waals surface area contributed by atoms with Crippen LogP contribution in [0.3, 0.4) is 0 Å². The van der Waals surface area contributed by atoms with Crippen molar-refractivity contribution in [2.24, 2.45) is 5.92 Å². The Kier molecular flexibility index (Phi) is 21.9. The molecule has 9 N–H and O–H groups in total. The Morgan fingerprint density at radius 3 is 1.77 bits per heavy atom. The van der Waals surface area contributed by atoms with Gasteiger partial charge in [0.2, 0.25) is 41.2 Å². The quantitative estimate of drug-likeness (QED) is 0.0432. The van der Waals surface area contributed by atoms with Gasteiger partial charge in [-0.05, 0) is 56.5 Å². The molecule has 57 heavy (non-hydrogen) atoms. The van der Waals surface area contributed by atoms with Crippen LogP contribution in [-0.2, 0) is 52.7 Å². The number of nitrogens with zero attached hydrogens (tertiary/aromatic N) is 1. The van der Waals surface area contributed by atoms with E-state index in [4.69, 9.17) is 10.2 Å². The van der Waals surface area contributed by atoms with E-state index in [-0.39, 0.29) is 32.2 Å². The third-order valence-corrected chi connectivity index (χ3v) is 9.41. The Bertz CT molecular complexity index is 1510. The molecule has 0 saturated carbocycles. The highest BCUT2D eigenvalue weighted by atomic mass is 32.2. The lowest BCUT2D eigenvalue weighted by atomic mass is 10.0. The van der Waals surface area contributed by atoms with Gasteiger partial charge in [-0.25, -0.2) is 0 Å². The van der Waals surface area contributed by atoms with Gasteiger partial charge < -0.3 is 52.1 Å². The van der Waals surface area contributed by atoms with Crippen LogP contribution in [0.15, 0.2) is 0 Å². The molecule has 22 heteroatoms. The molecule has 1 fully saturated rings. The van der Waals surface area contributed by atoms with Crippen molar-refractivity contribution in [3.05, 3.63) is 0 Å². The monoisotopic (exact) mass is 829 g/mol. The topological polar surface area (TPSA) is 324 Å². The lowest BCUT2D eigenvalue weighted by Crippen LogP contribution is -2.60. The first kappa shape index (κ1) is 49.7. The molecule has 1 heterocycles. The van der Waals surface area contributed by atoms with Crippen LogP contribution in [0, 0.1) is 5.92 Å². The summed E-state index contributed by atoms with van der Waals surface area (Å²) in [5, 5.41) is 41.5. The second-order valence-electron chi connectivity index (χ2n) is 13.7. The van der Waals surface area contributed by atoms with Gasteiger partial charge in [0.1, 0.15) is 36.8 Å². The summed E-state index contributed by atoms with van der Waals surface area (Å²) >= 11 is 1.37. The number of thioether (sulfide) groups is 1. The van der Waals surface area contributed by atoms with Crippen LogP contribution in [0.2, 0.25) is 0 Å². The number of hydrogen-bond donors (Lipinski definition) is 9. The van der Waals surface area contributed by atoms with E-state index in [0.29, 0.717) is 18.6 Å². The summed E-state index contributed by atoms with van der Waals surface area (Å²) in [6.07, 6.45) is 1.05. The Morgan fingerprint density at radius 2 is 1.26 bits per heavy atom. The maximum absolute atomic E-state index is 14.0. The molecule has 320 valence electrons. The van der Waals surface area contributed by atoms with Gasteiger partial charge in [0.05, 0.1) is 6.04 Å². The summed E-state index contributed by atoms with van der Waals surface area (Å²) in [7, 11) is 0. The van der Waals surface area contributed by atoms with Crippen LogP contribution in [-0.4, -0.2) is 147 Å². The molecule has 0 aliphatic carbocycles. The highest BCUT2D eigenvalue weighted by Crippen LogP contribution is 2.21. The van der Waals surface area contributed by atoms with Crippen LogP contribution in [0.4, 0.5) is 0 Å². The zero-order valence-corrected chi connectivity index (χ0v) is 33.5. The molecule has 1 rings (SSSR count). The summed E-state index contributed by atoms with van der Waals surface area (Å²) in [6, 6.07) is -7.79. The van der Waals surface area contributed by atoms with E-state index in [9.17, 15) is 57.8 Å². The fraction of sp³-hybridized carbons (Fsp3) is 0.686. The molecule has 0 bridgehead atoms. The number of Topliss-reactive ketones (excluding diaryl/α,β-unsaturated/α-hetero) is 1. The van der Waals surface area contributed by atoms with Crippen molar-refractivity contribution < 1.29 is 68.1 Å². The Balaban J connectivity index is 3.26. The fourth-order valence-electron chi connectivity index (χ4n) is 5.86. The standard InChI is InChI=1S/C35H55N7O14S/c1-6-8-20(29(50)34(55)36-17-27(48)49)38-32(53)24-9-7-15-42(24)35(56)23(14-16-57-5)40-33(54)28(18(2)3)41-31(52)22(11-13-26(46)47)39-30(51)21(37-19(4)43)10-12-25(44)45/h18,20-24,28H,6-17H2,1-5H3,(H,36,55)(H,37,43)(H,38,53)(H,39,51)(H,40,54)(H,41,52)(H,44,45)(H,46,47)(H,48,49). The maximum atomic E-state index is 14.0. The zero-order chi connectivity index (χ0) is 43.4. The van der Waals surface area contributed by atoms with Gasteiger partial charge in [-0.15, -0.1) is 0 Å². The highest BCUT2D eigenvalue weighted by molar-refractivity contribution is 7.98. The van der Waals surface area contributed by atoms with Crippen molar-refractivity contribution in [2.75, 3.05) is 25.1 Å².